The molecule has 2 aromatic rings. The molecule has 0 bridgehead atoms. The predicted octanol–water partition coefficient (Wildman–Crippen LogP) is 4.09. The molecule has 102 valence electrons. The van der Waals surface area contributed by atoms with E-state index in [1.165, 1.54) is 0 Å². The van der Waals surface area contributed by atoms with Crippen molar-refractivity contribution in [1.29, 1.82) is 0 Å². The summed E-state index contributed by atoms with van der Waals surface area (Å²) in [4.78, 5) is 0. The van der Waals surface area contributed by atoms with Crippen LogP contribution in [0.25, 0.3) is 0 Å². The number of benzene rings is 2. The average molecular weight is 285 g/mol. The Hall–Kier alpha value is -1.81. The maximum atomic E-state index is 12.3. The van der Waals surface area contributed by atoms with E-state index < -0.39 is 11.6 Å². The van der Waals surface area contributed by atoms with E-state index in [4.69, 9.17) is 23.1 Å². The Labute approximate surface area is 116 Å². The molecule has 0 spiro atoms. The second kappa shape index (κ2) is 6.38. The number of hydrogen-bond donors (Lipinski definition) is 2. The van der Waals surface area contributed by atoms with Crippen LogP contribution in [0.4, 0.5) is 20.2 Å². The van der Waals surface area contributed by atoms with Gasteiger partial charge in [0.2, 0.25) is 0 Å². The molecular formula is C14H15ClF2N2. The van der Waals surface area contributed by atoms with Crippen molar-refractivity contribution >= 4 is 23.0 Å². The molecule has 2 aromatic carbocycles. The van der Waals surface area contributed by atoms with Gasteiger partial charge in [0, 0.05) is 11.8 Å². The van der Waals surface area contributed by atoms with Crippen LogP contribution in [-0.2, 0) is 0 Å². The quantitative estimate of drug-likeness (QED) is 0.716. The first-order chi connectivity index (χ1) is 8.81. The third-order valence-electron chi connectivity index (χ3n) is 2.46. The molecule has 0 heterocycles. The van der Waals surface area contributed by atoms with Crippen molar-refractivity contribution in [2.75, 3.05) is 11.5 Å². The molecule has 0 saturated heterocycles. The number of nitrogen functional groups attached to an aromatic ring is 2. The monoisotopic (exact) mass is 284 g/mol. The van der Waals surface area contributed by atoms with E-state index in [9.17, 15) is 8.78 Å². The van der Waals surface area contributed by atoms with Gasteiger partial charge in [0.05, 0.1) is 10.7 Å². The van der Waals surface area contributed by atoms with Crippen molar-refractivity contribution in [3.8, 4) is 0 Å². The van der Waals surface area contributed by atoms with E-state index in [1.54, 1.807) is 13.0 Å². The van der Waals surface area contributed by atoms with Gasteiger partial charge in [-0.05, 0) is 43.2 Å². The van der Waals surface area contributed by atoms with Crippen molar-refractivity contribution in [2.45, 2.75) is 13.8 Å². The number of aryl methyl sites for hydroxylation is 2. The van der Waals surface area contributed by atoms with Gasteiger partial charge in [0.25, 0.3) is 0 Å². The third kappa shape index (κ3) is 4.41. The number of hydrogen-bond acceptors (Lipinski definition) is 2. The molecule has 19 heavy (non-hydrogen) atoms. The van der Waals surface area contributed by atoms with Crippen LogP contribution in [0.5, 0.6) is 0 Å². The number of halogens is 3. The van der Waals surface area contributed by atoms with E-state index in [1.807, 2.05) is 19.1 Å². The standard InChI is InChI=1S/C7H8ClN.C7H7F2N/c1-5-2-3-6(8)7(9)4-5;1-4-2-5(8)6(9)3-7(4)10/h2-4H,9H2,1H3;2-3H,10H2,1H3. The van der Waals surface area contributed by atoms with Crippen LogP contribution in [0.15, 0.2) is 30.3 Å². The minimum Gasteiger partial charge on any atom is -0.398 e. The highest BCUT2D eigenvalue weighted by Crippen LogP contribution is 2.18. The summed E-state index contributed by atoms with van der Waals surface area (Å²) in [7, 11) is 0. The molecule has 2 rings (SSSR count). The highest BCUT2D eigenvalue weighted by atomic mass is 35.5. The summed E-state index contributed by atoms with van der Waals surface area (Å²) in [5.41, 5.74) is 13.4. The molecule has 5 heteroatoms. The molecule has 0 aliphatic carbocycles. The van der Waals surface area contributed by atoms with Gasteiger partial charge < -0.3 is 11.5 Å². The third-order valence-corrected chi connectivity index (χ3v) is 2.80. The van der Waals surface area contributed by atoms with Crippen LogP contribution >= 0.6 is 11.6 Å². The van der Waals surface area contributed by atoms with E-state index in [2.05, 4.69) is 0 Å². The maximum absolute atomic E-state index is 12.3. The van der Waals surface area contributed by atoms with Crippen molar-refractivity contribution < 1.29 is 8.78 Å². The van der Waals surface area contributed by atoms with Gasteiger partial charge in [-0.3, -0.25) is 0 Å². The predicted molar refractivity (Wildman–Crippen MR) is 76.1 cm³/mol. The first kappa shape index (κ1) is 15.2. The number of rotatable bonds is 0. The number of anilines is 2. The highest BCUT2D eigenvalue weighted by molar-refractivity contribution is 6.33. The molecule has 0 amide bonds. The van der Waals surface area contributed by atoms with Crippen LogP contribution in [0, 0.1) is 25.5 Å². The Kier molecular flexibility index (Phi) is 5.12. The van der Waals surface area contributed by atoms with Gasteiger partial charge in [-0.2, -0.15) is 0 Å². The SMILES string of the molecule is Cc1cc(F)c(F)cc1N.Cc1ccc(Cl)c(N)c1. The van der Waals surface area contributed by atoms with Gasteiger partial charge in [-0.15, -0.1) is 0 Å². The highest BCUT2D eigenvalue weighted by Gasteiger charge is 2.02. The van der Waals surface area contributed by atoms with Crippen LogP contribution in [0.3, 0.4) is 0 Å². The van der Waals surface area contributed by atoms with Crippen molar-refractivity contribution in [1.82, 2.24) is 0 Å². The molecule has 0 radical (unpaired) electrons. The Morgan fingerprint density at radius 3 is 1.95 bits per heavy atom. The Balaban J connectivity index is 0.000000191. The fraction of sp³-hybridized carbons (Fsp3) is 0.143. The Bertz CT molecular complexity index is 536. The smallest absolute Gasteiger partial charge is 0.160 e. The summed E-state index contributed by atoms with van der Waals surface area (Å²) in [6.45, 7) is 3.60. The zero-order valence-corrected chi connectivity index (χ0v) is 11.4. The fourth-order valence-corrected chi connectivity index (χ4v) is 1.44. The lowest BCUT2D eigenvalue weighted by molar-refractivity contribution is 0.508. The lowest BCUT2D eigenvalue weighted by atomic mass is 10.2. The molecule has 0 aliphatic heterocycles. The maximum Gasteiger partial charge on any atom is 0.160 e. The van der Waals surface area contributed by atoms with Gasteiger partial charge >= 0.3 is 0 Å². The minimum atomic E-state index is -0.900. The molecule has 2 nitrogen and oxygen atoms in total. The zero-order chi connectivity index (χ0) is 14.6. The molecule has 0 aliphatic rings. The summed E-state index contributed by atoms with van der Waals surface area (Å²) in [5.74, 6) is -1.75. The topological polar surface area (TPSA) is 52.0 Å². The van der Waals surface area contributed by atoms with E-state index in [0.29, 0.717) is 16.3 Å². The van der Waals surface area contributed by atoms with Gasteiger partial charge in [-0.1, -0.05) is 17.7 Å². The van der Waals surface area contributed by atoms with E-state index >= 15 is 0 Å². The second-order valence-electron chi connectivity index (χ2n) is 4.15. The lowest BCUT2D eigenvalue weighted by Crippen LogP contribution is -1.93. The summed E-state index contributed by atoms with van der Waals surface area (Å²) < 4.78 is 24.6. The Morgan fingerprint density at radius 2 is 1.47 bits per heavy atom. The van der Waals surface area contributed by atoms with Crippen LogP contribution in [0.2, 0.25) is 5.02 Å². The average Bonchev–Trinajstić information content (AvgIpc) is 2.33. The Morgan fingerprint density at radius 1 is 0.895 bits per heavy atom. The summed E-state index contributed by atoms with van der Waals surface area (Å²) in [5, 5.41) is 0.626. The molecule has 0 unspecified atom stereocenters. The summed E-state index contributed by atoms with van der Waals surface area (Å²) in [6.07, 6.45) is 0. The molecule has 0 saturated carbocycles. The molecule has 0 atom stereocenters. The van der Waals surface area contributed by atoms with Crippen molar-refractivity contribution in [3.05, 3.63) is 58.1 Å². The molecule has 0 fully saturated rings. The fourth-order valence-electron chi connectivity index (χ4n) is 1.32. The van der Waals surface area contributed by atoms with Crippen LogP contribution in [-0.4, -0.2) is 0 Å². The molecule has 0 aromatic heterocycles. The number of nitrogens with two attached hydrogens (primary N) is 2. The van der Waals surface area contributed by atoms with Gasteiger partial charge in [0.1, 0.15) is 0 Å². The van der Waals surface area contributed by atoms with Gasteiger partial charge in [-0.25, -0.2) is 8.78 Å². The van der Waals surface area contributed by atoms with E-state index in [0.717, 1.165) is 17.7 Å². The largest absolute Gasteiger partial charge is 0.398 e. The van der Waals surface area contributed by atoms with E-state index in [-0.39, 0.29) is 5.69 Å². The van der Waals surface area contributed by atoms with Crippen molar-refractivity contribution in [2.24, 2.45) is 0 Å². The van der Waals surface area contributed by atoms with Crippen LogP contribution < -0.4 is 11.5 Å². The zero-order valence-electron chi connectivity index (χ0n) is 10.7. The summed E-state index contributed by atoms with van der Waals surface area (Å²) >= 11 is 5.66. The summed E-state index contributed by atoms with van der Waals surface area (Å²) in [6, 6.07) is 7.63. The normalized spacial score (nSPS) is 9.74. The molecule has 4 N–H and O–H groups in total. The second-order valence-corrected chi connectivity index (χ2v) is 4.56. The van der Waals surface area contributed by atoms with Gasteiger partial charge in [0.15, 0.2) is 11.6 Å². The van der Waals surface area contributed by atoms with Crippen LogP contribution in [0.1, 0.15) is 11.1 Å². The van der Waals surface area contributed by atoms with Crippen molar-refractivity contribution in [3.63, 3.8) is 0 Å². The lowest BCUT2D eigenvalue weighted by Gasteiger charge is -1.98. The first-order valence-electron chi connectivity index (χ1n) is 5.54. The first-order valence-corrected chi connectivity index (χ1v) is 5.91. The molecular weight excluding hydrogens is 270 g/mol. The minimum absolute atomic E-state index is 0.277.